The molecule has 1 aromatic heterocycles. The number of aromatic nitrogens is 1. The zero-order valence-corrected chi connectivity index (χ0v) is 15.3. The number of hydrogen-bond donors (Lipinski definition) is 2. The number of fused-ring (bicyclic) bond motifs is 1. The first-order valence-electron chi connectivity index (χ1n) is 8.69. The van der Waals surface area contributed by atoms with Gasteiger partial charge in [0.2, 0.25) is 5.91 Å². The molecule has 3 nitrogen and oxygen atoms in total. The van der Waals surface area contributed by atoms with E-state index in [1.54, 1.807) is 0 Å². The van der Waals surface area contributed by atoms with Crippen molar-refractivity contribution in [1.29, 1.82) is 0 Å². The van der Waals surface area contributed by atoms with E-state index >= 15 is 0 Å². The zero-order valence-electron chi connectivity index (χ0n) is 14.6. The molecular weight excluding hydrogens is 332 g/mol. The summed E-state index contributed by atoms with van der Waals surface area (Å²) in [5, 5.41) is 4.90. The second-order valence-electron chi connectivity index (χ2n) is 6.48. The number of carbonyl (C=O) groups is 1. The number of halogens is 1. The van der Waals surface area contributed by atoms with E-state index in [1.165, 1.54) is 0 Å². The highest BCUT2D eigenvalue weighted by Gasteiger charge is 2.22. The summed E-state index contributed by atoms with van der Waals surface area (Å²) in [7, 11) is 0. The number of nitrogens with one attached hydrogen (secondary N) is 2. The maximum atomic E-state index is 12.6. The smallest absolute Gasteiger partial charge is 0.221 e. The minimum Gasteiger partial charge on any atom is -0.361 e. The number of carbonyl (C=O) groups excluding carboxylic acids is 1. The van der Waals surface area contributed by atoms with Crippen LogP contribution in [0.1, 0.15) is 43.7 Å². The first-order valence-corrected chi connectivity index (χ1v) is 9.07. The Labute approximate surface area is 153 Å². The molecule has 3 aromatic rings. The number of amides is 1. The van der Waals surface area contributed by atoms with Crippen molar-refractivity contribution < 1.29 is 4.79 Å². The third-order valence-electron chi connectivity index (χ3n) is 4.66. The van der Waals surface area contributed by atoms with E-state index < -0.39 is 0 Å². The highest BCUT2D eigenvalue weighted by molar-refractivity contribution is 6.30. The Morgan fingerprint density at radius 3 is 2.76 bits per heavy atom. The topological polar surface area (TPSA) is 44.9 Å². The Morgan fingerprint density at radius 2 is 2.00 bits per heavy atom. The third kappa shape index (κ3) is 4.05. The van der Waals surface area contributed by atoms with Gasteiger partial charge in [0, 0.05) is 40.5 Å². The fourth-order valence-corrected chi connectivity index (χ4v) is 3.33. The molecule has 0 saturated heterocycles. The van der Waals surface area contributed by atoms with Gasteiger partial charge in [-0.2, -0.15) is 0 Å². The lowest BCUT2D eigenvalue weighted by Gasteiger charge is -2.19. The fraction of sp³-hybridized carbons (Fsp3) is 0.286. The lowest BCUT2D eigenvalue weighted by atomic mass is 9.88. The van der Waals surface area contributed by atoms with E-state index in [1.807, 2.05) is 55.6 Å². The Morgan fingerprint density at radius 1 is 1.20 bits per heavy atom. The van der Waals surface area contributed by atoms with Crippen LogP contribution in [0, 0.1) is 0 Å². The minimum absolute atomic E-state index is 0.0427. The second-order valence-corrected chi connectivity index (χ2v) is 6.91. The highest BCUT2D eigenvalue weighted by atomic mass is 35.5. The van der Waals surface area contributed by atoms with Gasteiger partial charge in [0.25, 0.3) is 0 Å². The maximum Gasteiger partial charge on any atom is 0.221 e. The van der Waals surface area contributed by atoms with Crippen molar-refractivity contribution in [3.8, 4) is 0 Å². The van der Waals surface area contributed by atoms with Gasteiger partial charge in [-0.1, -0.05) is 48.9 Å². The average molecular weight is 355 g/mol. The first kappa shape index (κ1) is 17.6. The molecule has 0 fully saturated rings. The van der Waals surface area contributed by atoms with Crippen LogP contribution in [0.3, 0.4) is 0 Å². The van der Waals surface area contributed by atoms with Gasteiger partial charge in [0.1, 0.15) is 0 Å². The number of benzene rings is 2. The molecule has 2 aromatic carbocycles. The van der Waals surface area contributed by atoms with Gasteiger partial charge >= 0.3 is 0 Å². The molecule has 0 aliphatic rings. The molecule has 25 heavy (non-hydrogen) atoms. The van der Waals surface area contributed by atoms with Crippen molar-refractivity contribution in [3.05, 3.63) is 70.9 Å². The molecule has 1 amide bonds. The predicted octanol–water partition coefficient (Wildman–Crippen LogP) is 5.26. The van der Waals surface area contributed by atoms with E-state index in [0.29, 0.717) is 11.4 Å². The summed E-state index contributed by atoms with van der Waals surface area (Å²) in [4.78, 5) is 15.9. The van der Waals surface area contributed by atoms with Gasteiger partial charge in [-0.3, -0.25) is 4.79 Å². The van der Waals surface area contributed by atoms with Crippen molar-refractivity contribution in [1.82, 2.24) is 10.3 Å². The molecule has 0 radical (unpaired) electrons. The van der Waals surface area contributed by atoms with E-state index in [0.717, 1.165) is 28.5 Å². The van der Waals surface area contributed by atoms with Crippen molar-refractivity contribution in [3.63, 3.8) is 0 Å². The SMILES string of the molecule is CCC(C)NC(=O)CC(c1cccc(Cl)c1)c1c[nH]c2ccccc12. The van der Waals surface area contributed by atoms with Crippen LogP contribution in [0.15, 0.2) is 54.7 Å². The number of aromatic amines is 1. The summed E-state index contributed by atoms with van der Waals surface area (Å²) in [6.07, 6.45) is 3.32. The number of para-hydroxylation sites is 1. The molecule has 0 aliphatic heterocycles. The monoisotopic (exact) mass is 354 g/mol. The quantitative estimate of drug-likeness (QED) is 0.623. The van der Waals surface area contributed by atoms with Crippen molar-refractivity contribution in [2.45, 2.75) is 38.6 Å². The van der Waals surface area contributed by atoms with E-state index in [4.69, 9.17) is 11.6 Å². The molecule has 0 saturated carbocycles. The molecule has 2 atom stereocenters. The number of rotatable bonds is 6. The van der Waals surface area contributed by atoms with Crippen LogP contribution in [0.5, 0.6) is 0 Å². The van der Waals surface area contributed by atoms with Crippen molar-refractivity contribution in [2.24, 2.45) is 0 Å². The predicted molar refractivity (Wildman–Crippen MR) is 104 cm³/mol. The summed E-state index contributed by atoms with van der Waals surface area (Å²) in [6.45, 7) is 4.09. The summed E-state index contributed by atoms with van der Waals surface area (Å²) in [6, 6.07) is 16.1. The molecule has 0 bridgehead atoms. The van der Waals surface area contributed by atoms with Crippen LogP contribution < -0.4 is 5.32 Å². The first-order chi connectivity index (χ1) is 12.1. The fourth-order valence-electron chi connectivity index (χ4n) is 3.13. The van der Waals surface area contributed by atoms with Crippen LogP contribution >= 0.6 is 11.6 Å². The van der Waals surface area contributed by atoms with Crippen LogP contribution in [0.4, 0.5) is 0 Å². The molecule has 1 heterocycles. The number of hydrogen-bond acceptors (Lipinski definition) is 1. The van der Waals surface area contributed by atoms with Gasteiger partial charge in [-0.15, -0.1) is 0 Å². The van der Waals surface area contributed by atoms with Crippen LogP contribution in [0.2, 0.25) is 5.02 Å². The normalized spacial score (nSPS) is 13.6. The molecule has 0 aliphatic carbocycles. The minimum atomic E-state index is -0.0427. The Bertz CT molecular complexity index is 871. The lowest BCUT2D eigenvalue weighted by Crippen LogP contribution is -2.33. The molecular formula is C21H23ClN2O. The molecule has 3 rings (SSSR count). The zero-order chi connectivity index (χ0) is 17.8. The Kier molecular flexibility index (Phi) is 5.44. The summed E-state index contributed by atoms with van der Waals surface area (Å²) in [5.41, 5.74) is 3.25. The van der Waals surface area contributed by atoms with Gasteiger partial charge < -0.3 is 10.3 Å². The van der Waals surface area contributed by atoms with E-state index in [9.17, 15) is 4.79 Å². The largest absolute Gasteiger partial charge is 0.361 e. The summed E-state index contributed by atoms with van der Waals surface area (Å²) in [5.74, 6) is 0.0171. The maximum absolute atomic E-state index is 12.6. The van der Waals surface area contributed by atoms with Crippen LogP contribution in [-0.2, 0) is 4.79 Å². The highest BCUT2D eigenvalue weighted by Crippen LogP contribution is 2.34. The van der Waals surface area contributed by atoms with E-state index in [2.05, 4.69) is 23.3 Å². The molecule has 130 valence electrons. The summed E-state index contributed by atoms with van der Waals surface area (Å²) >= 11 is 6.20. The summed E-state index contributed by atoms with van der Waals surface area (Å²) < 4.78 is 0. The van der Waals surface area contributed by atoms with Gasteiger partial charge in [-0.05, 0) is 42.7 Å². The molecule has 2 N–H and O–H groups in total. The average Bonchev–Trinajstić information content (AvgIpc) is 3.03. The van der Waals surface area contributed by atoms with Crippen LogP contribution in [-0.4, -0.2) is 16.9 Å². The van der Waals surface area contributed by atoms with Gasteiger partial charge in [0.15, 0.2) is 0 Å². The van der Waals surface area contributed by atoms with Gasteiger partial charge in [-0.25, -0.2) is 0 Å². The standard InChI is InChI=1S/C21H23ClN2O/c1-3-14(2)24-21(25)12-18(15-7-6-8-16(22)11-15)19-13-23-20-10-5-4-9-17(19)20/h4-11,13-14,18,23H,3,12H2,1-2H3,(H,24,25). The molecule has 2 unspecified atom stereocenters. The van der Waals surface area contributed by atoms with E-state index in [-0.39, 0.29) is 17.9 Å². The number of H-pyrrole nitrogens is 1. The Balaban J connectivity index is 1.99. The van der Waals surface area contributed by atoms with Crippen molar-refractivity contribution >= 4 is 28.4 Å². The van der Waals surface area contributed by atoms with Crippen LogP contribution in [0.25, 0.3) is 10.9 Å². The molecule has 0 spiro atoms. The third-order valence-corrected chi connectivity index (χ3v) is 4.89. The molecule has 4 heteroatoms. The second kappa shape index (κ2) is 7.75. The van der Waals surface area contributed by atoms with Crippen molar-refractivity contribution in [2.75, 3.05) is 0 Å². The Hall–Kier alpha value is -2.26. The van der Waals surface area contributed by atoms with Gasteiger partial charge in [0.05, 0.1) is 0 Å². The lowest BCUT2D eigenvalue weighted by molar-refractivity contribution is -0.121.